The van der Waals surface area contributed by atoms with Crippen LogP contribution in [0.4, 0.5) is 5.69 Å². The SMILES string of the molecule is Cc1ccc(S(=O)(=O)c2ccc(/C=C3/C(=O)Nc4ccc(Cl)cc43)cc2)cc1. The van der Waals surface area contributed by atoms with Gasteiger partial charge in [0.25, 0.3) is 5.91 Å². The number of aryl methyl sites for hydroxylation is 1. The van der Waals surface area contributed by atoms with Crippen LogP contribution >= 0.6 is 11.6 Å². The summed E-state index contributed by atoms with van der Waals surface area (Å²) >= 11 is 6.05. The Morgan fingerprint density at radius 3 is 2.14 bits per heavy atom. The number of anilines is 1. The molecule has 0 aromatic heterocycles. The van der Waals surface area contributed by atoms with Crippen LogP contribution in [0.5, 0.6) is 0 Å². The lowest BCUT2D eigenvalue weighted by atomic mass is 10.0. The topological polar surface area (TPSA) is 63.2 Å². The Kier molecular flexibility index (Phi) is 4.57. The lowest BCUT2D eigenvalue weighted by molar-refractivity contribution is -0.110. The maximum atomic E-state index is 12.8. The Morgan fingerprint density at radius 2 is 1.50 bits per heavy atom. The lowest BCUT2D eigenvalue weighted by Gasteiger charge is -2.06. The first kappa shape index (κ1) is 18.5. The molecule has 3 aromatic carbocycles. The maximum Gasteiger partial charge on any atom is 0.256 e. The minimum atomic E-state index is -3.58. The summed E-state index contributed by atoms with van der Waals surface area (Å²) in [4.78, 5) is 12.7. The number of hydrogen-bond acceptors (Lipinski definition) is 3. The van der Waals surface area contributed by atoms with Crippen molar-refractivity contribution in [2.24, 2.45) is 0 Å². The molecule has 4 rings (SSSR count). The normalized spacial score (nSPS) is 14.8. The van der Waals surface area contributed by atoms with Gasteiger partial charge in [-0.2, -0.15) is 0 Å². The molecule has 0 fully saturated rings. The predicted molar refractivity (Wildman–Crippen MR) is 111 cm³/mol. The van der Waals surface area contributed by atoms with Crippen molar-refractivity contribution in [3.05, 3.63) is 88.4 Å². The Morgan fingerprint density at radius 1 is 0.893 bits per heavy atom. The van der Waals surface area contributed by atoms with Crippen LogP contribution in [-0.2, 0) is 14.6 Å². The Labute approximate surface area is 168 Å². The van der Waals surface area contributed by atoms with Crippen molar-refractivity contribution in [1.29, 1.82) is 0 Å². The van der Waals surface area contributed by atoms with Gasteiger partial charge in [-0.15, -0.1) is 0 Å². The number of carbonyl (C=O) groups is 1. The van der Waals surface area contributed by atoms with E-state index in [1.165, 1.54) is 0 Å². The van der Waals surface area contributed by atoms with Crippen LogP contribution in [0.25, 0.3) is 11.6 Å². The van der Waals surface area contributed by atoms with Crippen molar-refractivity contribution in [2.75, 3.05) is 5.32 Å². The quantitative estimate of drug-likeness (QED) is 0.621. The number of halogens is 1. The summed E-state index contributed by atoms with van der Waals surface area (Å²) in [5.74, 6) is -0.214. The van der Waals surface area contributed by atoms with Crippen LogP contribution < -0.4 is 5.32 Å². The van der Waals surface area contributed by atoms with Gasteiger partial charge < -0.3 is 5.32 Å². The van der Waals surface area contributed by atoms with Crippen molar-refractivity contribution in [2.45, 2.75) is 16.7 Å². The molecular weight excluding hydrogens is 394 g/mol. The molecule has 0 saturated heterocycles. The molecule has 0 aliphatic carbocycles. The monoisotopic (exact) mass is 409 g/mol. The molecule has 1 heterocycles. The van der Waals surface area contributed by atoms with Gasteiger partial charge >= 0.3 is 0 Å². The average molecular weight is 410 g/mol. The van der Waals surface area contributed by atoms with E-state index in [2.05, 4.69) is 5.32 Å². The number of amides is 1. The van der Waals surface area contributed by atoms with Crippen molar-refractivity contribution in [3.8, 4) is 0 Å². The Hall–Kier alpha value is -2.89. The molecule has 1 aliphatic heterocycles. The highest BCUT2D eigenvalue weighted by Gasteiger charge is 2.24. The third-order valence-corrected chi connectivity index (χ3v) is 6.62. The largest absolute Gasteiger partial charge is 0.321 e. The summed E-state index contributed by atoms with van der Waals surface area (Å²) in [6.07, 6.45) is 1.72. The van der Waals surface area contributed by atoms with Gasteiger partial charge in [0.2, 0.25) is 9.84 Å². The first-order valence-corrected chi connectivity index (χ1v) is 10.5. The number of carbonyl (C=O) groups excluding carboxylic acids is 1. The van der Waals surface area contributed by atoms with E-state index in [0.717, 1.165) is 16.7 Å². The summed E-state index contributed by atoms with van der Waals surface area (Å²) in [7, 11) is -3.58. The van der Waals surface area contributed by atoms with E-state index in [4.69, 9.17) is 11.6 Å². The van der Waals surface area contributed by atoms with E-state index >= 15 is 0 Å². The fourth-order valence-electron chi connectivity index (χ4n) is 3.07. The summed E-state index contributed by atoms with van der Waals surface area (Å²) in [6, 6.07) is 18.4. The number of nitrogens with one attached hydrogen (secondary N) is 1. The molecule has 4 nitrogen and oxygen atoms in total. The summed E-state index contributed by atoms with van der Waals surface area (Å²) in [5.41, 5.74) is 3.65. The summed E-state index contributed by atoms with van der Waals surface area (Å²) in [5, 5.41) is 3.34. The molecule has 0 saturated carbocycles. The number of sulfone groups is 1. The van der Waals surface area contributed by atoms with Crippen LogP contribution in [-0.4, -0.2) is 14.3 Å². The van der Waals surface area contributed by atoms with Crippen molar-refractivity contribution >= 4 is 44.7 Å². The van der Waals surface area contributed by atoms with Gasteiger partial charge in [0.1, 0.15) is 0 Å². The zero-order valence-corrected chi connectivity index (χ0v) is 16.5. The number of hydrogen-bond donors (Lipinski definition) is 1. The van der Waals surface area contributed by atoms with E-state index in [1.54, 1.807) is 72.8 Å². The van der Waals surface area contributed by atoms with E-state index in [1.807, 2.05) is 6.92 Å². The third-order valence-electron chi connectivity index (χ3n) is 4.60. The number of rotatable bonds is 3. The van der Waals surface area contributed by atoms with Gasteiger partial charge in [-0.05, 0) is 61.0 Å². The van der Waals surface area contributed by atoms with Crippen molar-refractivity contribution < 1.29 is 13.2 Å². The van der Waals surface area contributed by atoms with E-state index in [9.17, 15) is 13.2 Å². The second-order valence-corrected chi connectivity index (χ2v) is 8.97. The predicted octanol–water partition coefficient (Wildman–Crippen LogP) is 4.97. The molecular formula is C22H16ClNO3S. The summed E-state index contributed by atoms with van der Waals surface area (Å²) in [6.45, 7) is 1.91. The van der Waals surface area contributed by atoms with Gasteiger partial charge in [0.05, 0.1) is 9.79 Å². The third kappa shape index (κ3) is 3.35. The number of fused-ring (bicyclic) bond motifs is 1. The molecule has 1 aliphatic rings. The minimum absolute atomic E-state index is 0.206. The molecule has 1 amide bonds. The highest BCUT2D eigenvalue weighted by molar-refractivity contribution is 7.91. The van der Waals surface area contributed by atoms with Gasteiger partial charge in [0.15, 0.2) is 0 Å². The van der Waals surface area contributed by atoms with Gasteiger partial charge in [-0.25, -0.2) is 8.42 Å². The van der Waals surface area contributed by atoms with E-state index in [-0.39, 0.29) is 15.7 Å². The van der Waals surface area contributed by atoms with Crippen LogP contribution in [0.1, 0.15) is 16.7 Å². The van der Waals surface area contributed by atoms with Gasteiger partial charge in [0, 0.05) is 21.8 Å². The van der Waals surface area contributed by atoms with Crippen LogP contribution in [0.3, 0.4) is 0 Å². The lowest BCUT2D eigenvalue weighted by Crippen LogP contribution is -2.03. The smallest absolute Gasteiger partial charge is 0.256 e. The zero-order valence-electron chi connectivity index (χ0n) is 14.9. The van der Waals surface area contributed by atoms with Crippen LogP contribution in [0.2, 0.25) is 5.02 Å². The molecule has 0 radical (unpaired) electrons. The first-order valence-electron chi connectivity index (χ1n) is 8.59. The molecule has 1 N–H and O–H groups in total. The van der Waals surface area contributed by atoms with Gasteiger partial charge in [-0.3, -0.25) is 4.79 Å². The Balaban J connectivity index is 1.68. The fraction of sp³-hybridized carbons (Fsp3) is 0.0455. The van der Waals surface area contributed by atoms with Crippen molar-refractivity contribution in [1.82, 2.24) is 0 Å². The second-order valence-electron chi connectivity index (χ2n) is 6.59. The second kappa shape index (κ2) is 6.93. The highest BCUT2D eigenvalue weighted by Crippen LogP contribution is 2.35. The van der Waals surface area contributed by atoms with E-state index < -0.39 is 9.84 Å². The van der Waals surface area contributed by atoms with Crippen molar-refractivity contribution in [3.63, 3.8) is 0 Å². The molecule has 140 valence electrons. The molecule has 28 heavy (non-hydrogen) atoms. The fourth-order valence-corrected chi connectivity index (χ4v) is 4.50. The van der Waals surface area contributed by atoms with Crippen LogP contribution in [0.15, 0.2) is 76.5 Å². The maximum absolute atomic E-state index is 12.8. The Bertz CT molecular complexity index is 1210. The highest BCUT2D eigenvalue weighted by atomic mass is 35.5. The standard InChI is InChI=1S/C22H16ClNO3S/c1-14-2-7-17(8-3-14)28(26,27)18-9-4-15(5-10-18)12-20-19-13-16(23)6-11-21(19)24-22(20)25/h2-13H,1H3,(H,24,25)/b20-12+. The zero-order chi connectivity index (χ0) is 19.9. The molecule has 3 aromatic rings. The minimum Gasteiger partial charge on any atom is -0.321 e. The molecule has 0 unspecified atom stereocenters. The average Bonchev–Trinajstić information content (AvgIpc) is 2.97. The first-order chi connectivity index (χ1) is 13.3. The number of benzene rings is 3. The van der Waals surface area contributed by atoms with E-state index in [0.29, 0.717) is 16.3 Å². The molecule has 0 spiro atoms. The van der Waals surface area contributed by atoms with Crippen LogP contribution in [0, 0.1) is 6.92 Å². The molecule has 0 atom stereocenters. The molecule has 6 heteroatoms. The van der Waals surface area contributed by atoms with Gasteiger partial charge in [-0.1, -0.05) is 41.4 Å². The summed E-state index contributed by atoms with van der Waals surface area (Å²) < 4.78 is 25.5. The molecule has 0 bridgehead atoms.